The lowest BCUT2D eigenvalue weighted by Gasteiger charge is -2.35. The predicted molar refractivity (Wildman–Crippen MR) is 280 cm³/mol. The Balaban J connectivity index is 0.919. The lowest BCUT2D eigenvalue weighted by atomic mass is 9.85. The second kappa shape index (κ2) is 23.6. The number of nitrogens with zero attached hydrogens (tertiary/aromatic N) is 4. The maximum atomic E-state index is 14.1. The molecule has 0 bridgehead atoms. The van der Waals surface area contributed by atoms with E-state index < -0.39 is 75.1 Å². The molecule has 0 spiro atoms. The molecule has 0 aliphatic carbocycles. The van der Waals surface area contributed by atoms with Crippen molar-refractivity contribution in [1.82, 2.24) is 35.7 Å². The van der Waals surface area contributed by atoms with Crippen molar-refractivity contribution in [1.29, 1.82) is 0 Å². The SMILES string of the molecule is CCS(=O)(=O)Nc1ccc(-c2n[nH]c(Nc3ccc(C(=O)OCCCC(=O)NC(C(=O)N4C[C@H](O)C[C@H]4C(=O)NCc4ccc(-c5scnc5C)cc4)C(C)(C)C)cn3)c2C(N)=O)cc1OC(C)c1ccc(F)cc1. The van der Waals surface area contributed by atoms with E-state index >= 15 is 0 Å². The molecule has 6 aromatic rings. The zero-order chi connectivity index (χ0) is 54.2. The number of primary amides is 1. The molecule has 4 heterocycles. The van der Waals surface area contributed by atoms with Crippen LogP contribution in [0.4, 0.5) is 21.7 Å². The number of nitrogens with two attached hydrogens (primary N) is 1. The van der Waals surface area contributed by atoms with E-state index in [0.717, 1.165) is 21.7 Å². The van der Waals surface area contributed by atoms with Crippen LogP contribution in [-0.2, 0) is 35.7 Å². The highest BCUT2D eigenvalue weighted by molar-refractivity contribution is 7.92. The van der Waals surface area contributed by atoms with Crippen LogP contribution in [0.25, 0.3) is 21.7 Å². The largest absolute Gasteiger partial charge is 0.484 e. The van der Waals surface area contributed by atoms with Crippen LogP contribution in [0, 0.1) is 18.2 Å². The Labute approximate surface area is 437 Å². The zero-order valence-corrected chi connectivity index (χ0v) is 43.7. The highest BCUT2D eigenvalue weighted by Crippen LogP contribution is 2.37. The van der Waals surface area contributed by atoms with E-state index in [9.17, 15) is 41.9 Å². The van der Waals surface area contributed by atoms with E-state index in [2.05, 4.69) is 40.8 Å². The molecule has 1 fully saturated rings. The first-order valence-electron chi connectivity index (χ1n) is 24.0. The summed E-state index contributed by atoms with van der Waals surface area (Å²) in [6, 6.07) is 18.7. The molecule has 396 valence electrons. The number of nitrogens with one attached hydrogen (secondary N) is 5. The molecule has 4 amide bonds. The van der Waals surface area contributed by atoms with Gasteiger partial charge in [-0.3, -0.25) is 29.0 Å². The molecule has 0 saturated carbocycles. The summed E-state index contributed by atoms with van der Waals surface area (Å²) < 4.78 is 52.8. The standard InChI is InChI=1S/C52H59FN10O10S2/c1-7-75(70,71)62-38-20-16-34(23-40(38)73-30(3)32-14-18-36(53)19-15-32)44-43(47(54)66)48(61-60-44)58-41-21-17-35(26-55-41)51(69)72-22-8-9-42(65)59-46(52(4,5)6)50(68)63-27-37(64)24-39(63)49(67)56-25-31-10-12-33(13-11-31)45-29(2)57-28-74-45/h10-21,23,26,28,30,37,39,46,62,64H,7-9,22,24-25,27H2,1-6H3,(H2,54,66)(H,56,67)(H,59,65)(H2,55,58,60,61)/t30?,37-,39+,46?/m1/s1. The van der Waals surface area contributed by atoms with Crippen LogP contribution in [-0.4, -0.2) is 105 Å². The Morgan fingerprint density at radius 1 is 1.00 bits per heavy atom. The van der Waals surface area contributed by atoms with Crippen molar-refractivity contribution in [2.24, 2.45) is 11.1 Å². The van der Waals surface area contributed by atoms with Crippen LogP contribution in [0.3, 0.4) is 0 Å². The minimum absolute atomic E-state index is 0.0421. The van der Waals surface area contributed by atoms with Crippen LogP contribution >= 0.6 is 11.3 Å². The highest BCUT2D eigenvalue weighted by atomic mass is 32.2. The number of β-amino-alcohol motifs (C(OH)–C–C–N with tert-alkyl or cyclic N) is 1. The van der Waals surface area contributed by atoms with E-state index in [4.69, 9.17) is 15.2 Å². The van der Waals surface area contributed by atoms with Crippen molar-refractivity contribution in [3.63, 3.8) is 0 Å². The lowest BCUT2D eigenvalue weighted by Crippen LogP contribution is -2.57. The van der Waals surface area contributed by atoms with Crippen molar-refractivity contribution in [2.75, 3.05) is 28.9 Å². The molecule has 4 atom stereocenters. The summed E-state index contributed by atoms with van der Waals surface area (Å²) >= 11 is 1.55. The number of carbonyl (C=O) groups excluding carboxylic acids is 5. The Morgan fingerprint density at radius 3 is 2.36 bits per heavy atom. The van der Waals surface area contributed by atoms with E-state index in [1.807, 2.05) is 31.2 Å². The molecule has 20 nitrogen and oxygen atoms in total. The number of halogens is 1. The number of esters is 1. The van der Waals surface area contributed by atoms with E-state index in [-0.39, 0.29) is 84.6 Å². The summed E-state index contributed by atoms with van der Waals surface area (Å²) in [6.45, 7) is 10.5. The lowest BCUT2D eigenvalue weighted by molar-refractivity contribution is -0.144. The Bertz CT molecular complexity index is 3140. The van der Waals surface area contributed by atoms with Crippen molar-refractivity contribution in [3.05, 3.63) is 124 Å². The maximum Gasteiger partial charge on any atom is 0.339 e. The van der Waals surface area contributed by atoms with Gasteiger partial charge < -0.3 is 41.2 Å². The zero-order valence-electron chi connectivity index (χ0n) is 42.1. The van der Waals surface area contributed by atoms with Gasteiger partial charge in [-0.15, -0.1) is 11.3 Å². The highest BCUT2D eigenvalue weighted by Gasteiger charge is 2.44. The number of aromatic amines is 1. The smallest absolute Gasteiger partial charge is 0.339 e. The number of aryl methyl sites for hydroxylation is 1. The molecule has 3 aromatic heterocycles. The number of benzene rings is 3. The van der Waals surface area contributed by atoms with Gasteiger partial charge in [0, 0.05) is 37.7 Å². The number of rotatable bonds is 21. The van der Waals surface area contributed by atoms with Gasteiger partial charge in [0.05, 0.1) is 45.8 Å². The number of carbonyl (C=O) groups is 5. The van der Waals surface area contributed by atoms with Crippen LogP contribution in [0.15, 0.2) is 90.6 Å². The first-order valence-corrected chi connectivity index (χ1v) is 26.5. The van der Waals surface area contributed by atoms with Crippen molar-refractivity contribution in [2.45, 2.75) is 91.6 Å². The number of hydrogen-bond acceptors (Lipinski definition) is 15. The molecular formula is C52H59FN10O10S2. The monoisotopic (exact) mass is 1070 g/mol. The summed E-state index contributed by atoms with van der Waals surface area (Å²) in [7, 11) is -3.74. The maximum absolute atomic E-state index is 14.1. The summed E-state index contributed by atoms with van der Waals surface area (Å²) in [5.41, 5.74) is 10.8. The molecule has 23 heteroatoms. The molecule has 1 saturated heterocycles. The summed E-state index contributed by atoms with van der Waals surface area (Å²) in [6.07, 6.45) is -0.284. The van der Waals surface area contributed by atoms with Crippen LogP contribution in [0.1, 0.15) is 97.5 Å². The molecule has 7 rings (SSSR count). The fourth-order valence-electron chi connectivity index (χ4n) is 8.18. The first kappa shape index (κ1) is 55.0. The molecule has 0 radical (unpaired) electrons. The molecular weight excluding hydrogens is 1010 g/mol. The number of ether oxygens (including phenoxy) is 2. The minimum atomic E-state index is -3.74. The third-order valence-corrected chi connectivity index (χ3v) is 14.6. The molecule has 1 aliphatic heterocycles. The van der Waals surface area contributed by atoms with E-state index in [0.29, 0.717) is 11.1 Å². The summed E-state index contributed by atoms with van der Waals surface area (Å²) in [4.78, 5) is 77.7. The number of likely N-dealkylation sites (tertiary alicyclic amines) is 1. The fourth-order valence-corrected chi connectivity index (χ4v) is 9.64. The molecule has 3 aromatic carbocycles. The normalized spacial score (nSPS) is 15.4. The van der Waals surface area contributed by atoms with Crippen molar-refractivity contribution >= 4 is 68.3 Å². The molecule has 8 N–H and O–H groups in total. The summed E-state index contributed by atoms with van der Waals surface area (Å²) in [5, 5.41) is 26.3. The third-order valence-electron chi connectivity index (χ3n) is 12.3. The van der Waals surface area contributed by atoms with Crippen molar-refractivity contribution < 1.29 is 51.4 Å². The Morgan fingerprint density at radius 2 is 1.72 bits per heavy atom. The number of thiazole rings is 1. The van der Waals surface area contributed by atoms with Gasteiger partial charge in [0.15, 0.2) is 0 Å². The van der Waals surface area contributed by atoms with Gasteiger partial charge in [-0.2, -0.15) is 5.10 Å². The summed E-state index contributed by atoms with van der Waals surface area (Å²) in [5.74, 6) is -3.31. The number of pyridine rings is 1. The van der Waals surface area contributed by atoms with Gasteiger partial charge in [0.25, 0.3) is 5.91 Å². The number of aliphatic hydroxyl groups is 1. The quantitative estimate of drug-likeness (QED) is 0.0298. The number of H-pyrrole nitrogens is 1. The average Bonchev–Trinajstić information content (AvgIpc) is 4.12. The Kier molecular flexibility index (Phi) is 17.3. The predicted octanol–water partition coefficient (Wildman–Crippen LogP) is 6.53. The molecule has 2 unspecified atom stereocenters. The number of aliphatic hydroxyl groups excluding tert-OH is 1. The van der Waals surface area contributed by atoms with Crippen LogP contribution in [0.2, 0.25) is 0 Å². The van der Waals surface area contributed by atoms with Crippen LogP contribution < -0.4 is 31.1 Å². The van der Waals surface area contributed by atoms with Gasteiger partial charge in [-0.25, -0.2) is 27.6 Å². The topological polar surface area (TPSA) is 290 Å². The second-order valence-corrected chi connectivity index (χ2v) is 21.8. The van der Waals surface area contributed by atoms with Gasteiger partial charge >= 0.3 is 5.97 Å². The second-order valence-electron chi connectivity index (χ2n) is 19.0. The van der Waals surface area contributed by atoms with Gasteiger partial charge in [-0.1, -0.05) is 63.2 Å². The van der Waals surface area contributed by atoms with E-state index in [1.54, 1.807) is 44.5 Å². The minimum Gasteiger partial charge on any atom is -0.484 e. The van der Waals surface area contributed by atoms with Crippen molar-refractivity contribution in [3.8, 4) is 27.4 Å². The van der Waals surface area contributed by atoms with Gasteiger partial charge in [0.2, 0.25) is 27.7 Å². The average molecular weight is 1070 g/mol. The van der Waals surface area contributed by atoms with Gasteiger partial charge in [0.1, 0.15) is 52.6 Å². The van der Waals surface area contributed by atoms with Crippen LogP contribution in [0.5, 0.6) is 5.75 Å². The van der Waals surface area contributed by atoms with Gasteiger partial charge in [-0.05, 0) is 85.7 Å². The third kappa shape index (κ3) is 13.9. The number of sulfonamides is 1. The first-order chi connectivity index (χ1) is 35.6. The molecule has 75 heavy (non-hydrogen) atoms. The molecule has 1 aliphatic rings. The number of hydrogen-bond donors (Lipinski definition) is 7. The number of aromatic nitrogens is 4. The van der Waals surface area contributed by atoms with E-state index in [1.165, 1.54) is 72.6 Å². The number of amides is 4. The number of anilines is 3. The fraction of sp³-hybridized carbons (Fsp3) is 0.346. The Hall–Kier alpha value is -7.76.